The molecule has 22 heavy (non-hydrogen) atoms. The summed E-state index contributed by atoms with van der Waals surface area (Å²) >= 11 is 0. The number of esters is 1. The summed E-state index contributed by atoms with van der Waals surface area (Å²) in [5.74, 6) is 0.359. The van der Waals surface area contributed by atoms with Crippen LogP contribution in [0.2, 0.25) is 0 Å². The van der Waals surface area contributed by atoms with Gasteiger partial charge >= 0.3 is 5.97 Å². The summed E-state index contributed by atoms with van der Waals surface area (Å²) < 4.78 is 22.0. The number of benzene rings is 1. The number of rotatable bonds is 4. The van der Waals surface area contributed by atoms with Gasteiger partial charge in [0.15, 0.2) is 0 Å². The lowest BCUT2D eigenvalue weighted by atomic mass is 9.85. The molecule has 2 fully saturated rings. The number of hydrogen-bond donors (Lipinski definition) is 0. The molecule has 0 amide bonds. The van der Waals surface area contributed by atoms with Crippen LogP contribution in [0.5, 0.6) is 5.75 Å². The first-order valence-electron chi connectivity index (χ1n) is 7.32. The van der Waals surface area contributed by atoms with E-state index in [1.807, 2.05) is 24.3 Å². The fourth-order valence-electron chi connectivity index (χ4n) is 3.28. The summed E-state index contributed by atoms with van der Waals surface area (Å²) in [5, 5.41) is 0. The molecule has 2 aliphatic heterocycles. The van der Waals surface area contributed by atoms with Crippen LogP contribution in [0.4, 0.5) is 0 Å². The van der Waals surface area contributed by atoms with Gasteiger partial charge in [0.05, 0.1) is 38.6 Å². The molecule has 1 aromatic rings. The fraction of sp³-hybridized carbons (Fsp3) is 0.471. The molecule has 3 rings (SSSR count). The van der Waals surface area contributed by atoms with E-state index in [4.69, 9.17) is 18.9 Å². The second kappa shape index (κ2) is 5.74. The summed E-state index contributed by atoms with van der Waals surface area (Å²) in [5.41, 5.74) is 0.613. The number of ether oxygens (including phenoxy) is 4. The Morgan fingerprint density at radius 2 is 2.05 bits per heavy atom. The van der Waals surface area contributed by atoms with E-state index in [0.717, 1.165) is 17.7 Å². The van der Waals surface area contributed by atoms with Gasteiger partial charge in [0.25, 0.3) is 0 Å². The third kappa shape index (κ3) is 2.30. The van der Waals surface area contributed by atoms with Crippen LogP contribution in [0.15, 0.2) is 36.4 Å². The van der Waals surface area contributed by atoms with Crippen molar-refractivity contribution in [3.05, 3.63) is 42.0 Å². The summed E-state index contributed by atoms with van der Waals surface area (Å²) in [4.78, 5) is 11.9. The highest BCUT2D eigenvalue weighted by molar-refractivity contribution is 5.90. The zero-order valence-corrected chi connectivity index (χ0v) is 12.8. The Labute approximate surface area is 129 Å². The maximum absolute atomic E-state index is 11.9. The molecule has 0 aromatic heterocycles. The Morgan fingerprint density at radius 1 is 1.32 bits per heavy atom. The van der Waals surface area contributed by atoms with E-state index in [2.05, 4.69) is 6.58 Å². The molecule has 2 saturated heterocycles. The van der Waals surface area contributed by atoms with Gasteiger partial charge in [-0.15, -0.1) is 0 Å². The molecule has 5 heteroatoms. The molecule has 0 saturated carbocycles. The van der Waals surface area contributed by atoms with Gasteiger partial charge in [0.2, 0.25) is 0 Å². The Bertz CT molecular complexity index is 579. The molecule has 0 aliphatic carbocycles. The van der Waals surface area contributed by atoms with E-state index in [1.54, 1.807) is 7.11 Å². The Morgan fingerprint density at radius 3 is 2.68 bits per heavy atom. The first-order chi connectivity index (χ1) is 10.6. The predicted molar refractivity (Wildman–Crippen MR) is 79.7 cm³/mol. The van der Waals surface area contributed by atoms with Crippen LogP contribution >= 0.6 is 0 Å². The molecular formula is C17H20O5. The molecule has 0 spiro atoms. The van der Waals surface area contributed by atoms with Gasteiger partial charge < -0.3 is 18.9 Å². The molecule has 2 heterocycles. The van der Waals surface area contributed by atoms with Crippen molar-refractivity contribution in [3.8, 4) is 5.75 Å². The highest BCUT2D eigenvalue weighted by atomic mass is 16.6. The Kier molecular flexibility index (Phi) is 3.93. The molecule has 1 aromatic carbocycles. The van der Waals surface area contributed by atoms with E-state index < -0.39 is 11.6 Å². The Hall–Kier alpha value is -1.85. The third-order valence-electron chi connectivity index (χ3n) is 4.51. The number of carbonyl (C=O) groups is 1. The smallest absolute Gasteiger partial charge is 0.336 e. The zero-order valence-electron chi connectivity index (χ0n) is 12.8. The summed E-state index contributed by atoms with van der Waals surface area (Å²) in [6.45, 7) is 4.46. The lowest BCUT2D eigenvalue weighted by Gasteiger charge is -2.27. The van der Waals surface area contributed by atoms with Crippen LogP contribution in [0, 0.1) is 0 Å². The van der Waals surface area contributed by atoms with Crippen LogP contribution in [0.1, 0.15) is 24.5 Å². The van der Waals surface area contributed by atoms with Crippen LogP contribution in [-0.2, 0) is 19.0 Å². The van der Waals surface area contributed by atoms with Gasteiger partial charge in [-0.2, -0.15) is 0 Å². The second-order valence-electron chi connectivity index (χ2n) is 5.59. The maximum atomic E-state index is 11.9. The monoisotopic (exact) mass is 304 g/mol. The van der Waals surface area contributed by atoms with Gasteiger partial charge in [0.1, 0.15) is 11.4 Å². The van der Waals surface area contributed by atoms with Crippen molar-refractivity contribution < 1.29 is 23.7 Å². The van der Waals surface area contributed by atoms with Crippen LogP contribution in [0.25, 0.3) is 0 Å². The maximum Gasteiger partial charge on any atom is 0.336 e. The minimum absolute atomic E-state index is 0.127. The molecule has 3 atom stereocenters. The standard InChI is InChI=1S/C17H20O5/c1-11(16(18)20-3)17-10-14(22-15(17)8-9-21-17)12-4-6-13(19-2)7-5-12/h4-7,14-15H,1,8-10H2,2-3H3/t14?,15?,17-/m1/s1. The van der Waals surface area contributed by atoms with E-state index in [0.29, 0.717) is 18.6 Å². The summed E-state index contributed by atoms with van der Waals surface area (Å²) in [6.07, 6.45) is 1.03. The molecule has 118 valence electrons. The predicted octanol–water partition coefficient (Wildman–Crippen LogP) is 2.41. The van der Waals surface area contributed by atoms with Gasteiger partial charge in [0, 0.05) is 12.8 Å². The Balaban J connectivity index is 1.84. The fourth-order valence-corrected chi connectivity index (χ4v) is 3.28. The van der Waals surface area contributed by atoms with Crippen molar-refractivity contribution >= 4 is 5.97 Å². The van der Waals surface area contributed by atoms with Crippen molar-refractivity contribution in [1.29, 1.82) is 0 Å². The number of methoxy groups -OCH3 is 2. The molecule has 0 N–H and O–H groups in total. The summed E-state index contributed by atoms with van der Waals surface area (Å²) in [6, 6.07) is 7.74. The van der Waals surface area contributed by atoms with Crippen LogP contribution in [0.3, 0.4) is 0 Å². The van der Waals surface area contributed by atoms with Crippen molar-refractivity contribution in [3.63, 3.8) is 0 Å². The topological polar surface area (TPSA) is 54.0 Å². The SMILES string of the molecule is C=C(C(=O)OC)[C@]12CC(c3ccc(OC)cc3)OC1CCO2. The van der Waals surface area contributed by atoms with Crippen molar-refractivity contribution in [1.82, 2.24) is 0 Å². The van der Waals surface area contributed by atoms with Gasteiger partial charge in [-0.1, -0.05) is 18.7 Å². The first-order valence-corrected chi connectivity index (χ1v) is 7.32. The van der Waals surface area contributed by atoms with Crippen molar-refractivity contribution in [2.75, 3.05) is 20.8 Å². The van der Waals surface area contributed by atoms with E-state index in [1.165, 1.54) is 7.11 Å². The van der Waals surface area contributed by atoms with E-state index >= 15 is 0 Å². The van der Waals surface area contributed by atoms with Crippen LogP contribution in [-0.4, -0.2) is 38.5 Å². The number of hydrogen-bond acceptors (Lipinski definition) is 5. The highest BCUT2D eigenvalue weighted by Crippen LogP contribution is 2.50. The van der Waals surface area contributed by atoms with Crippen LogP contribution < -0.4 is 4.74 Å². The van der Waals surface area contributed by atoms with Gasteiger partial charge in [-0.3, -0.25) is 0 Å². The normalized spacial score (nSPS) is 29.9. The van der Waals surface area contributed by atoms with Gasteiger partial charge in [-0.05, 0) is 17.7 Å². The molecule has 2 aliphatic rings. The number of fused-ring (bicyclic) bond motifs is 1. The highest BCUT2D eigenvalue weighted by Gasteiger charge is 2.56. The third-order valence-corrected chi connectivity index (χ3v) is 4.51. The average molecular weight is 304 g/mol. The van der Waals surface area contributed by atoms with Gasteiger partial charge in [-0.25, -0.2) is 4.79 Å². The first kappa shape index (κ1) is 15.1. The number of carbonyl (C=O) groups excluding carboxylic acids is 1. The average Bonchev–Trinajstić information content (AvgIpc) is 3.11. The molecule has 2 unspecified atom stereocenters. The minimum atomic E-state index is -0.766. The van der Waals surface area contributed by atoms with E-state index in [-0.39, 0.29) is 12.2 Å². The summed E-state index contributed by atoms with van der Waals surface area (Å²) in [7, 11) is 2.99. The zero-order chi connectivity index (χ0) is 15.7. The van der Waals surface area contributed by atoms with Crippen molar-refractivity contribution in [2.45, 2.75) is 30.7 Å². The van der Waals surface area contributed by atoms with E-state index in [9.17, 15) is 4.79 Å². The largest absolute Gasteiger partial charge is 0.497 e. The lowest BCUT2D eigenvalue weighted by Crippen LogP contribution is -2.40. The molecule has 0 radical (unpaired) electrons. The minimum Gasteiger partial charge on any atom is -0.497 e. The molecule has 0 bridgehead atoms. The molecule has 5 nitrogen and oxygen atoms in total. The molecular weight excluding hydrogens is 284 g/mol. The second-order valence-corrected chi connectivity index (χ2v) is 5.59. The lowest BCUT2D eigenvalue weighted by molar-refractivity contribution is -0.139. The quantitative estimate of drug-likeness (QED) is 0.631. The van der Waals surface area contributed by atoms with Crippen molar-refractivity contribution in [2.24, 2.45) is 0 Å².